The van der Waals surface area contributed by atoms with Crippen LogP contribution in [0.3, 0.4) is 0 Å². The monoisotopic (exact) mass is 314 g/mol. The van der Waals surface area contributed by atoms with Gasteiger partial charge in [-0.1, -0.05) is 5.16 Å². The van der Waals surface area contributed by atoms with E-state index in [1.165, 1.54) is 19.3 Å². The number of hydrogen-bond acceptors (Lipinski definition) is 7. The molecule has 23 heavy (non-hydrogen) atoms. The van der Waals surface area contributed by atoms with Gasteiger partial charge in [-0.15, -0.1) is 5.10 Å². The van der Waals surface area contributed by atoms with Crippen LogP contribution in [0.1, 0.15) is 43.3 Å². The van der Waals surface area contributed by atoms with Crippen LogP contribution >= 0.6 is 0 Å². The first kappa shape index (κ1) is 14.6. The molecule has 7 heteroatoms. The van der Waals surface area contributed by atoms with Crippen LogP contribution in [0.25, 0.3) is 0 Å². The van der Waals surface area contributed by atoms with Crippen molar-refractivity contribution in [2.24, 2.45) is 0 Å². The summed E-state index contributed by atoms with van der Waals surface area (Å²) in [5, 5.41) is 12.3. The molecule has 0 N–H and O–H groups in total. The van der Waals surface area contributed by atoms with E-state index in [1.54, 1.807) is 6.20 Å². The van der Waals surface area contributed by atoms with Gasteiger partial charge in [0.25, 0.3) is 0 Å². The molecule has 7 nitrogen and oxygen atoms in total. The summed E-state index contributed by atoms with van der Waals surface area (Å²) in [6.07, 6.45) is 6.43. The molecular weight excluding hydrogens is 292 g/mol. The Hall–Kier alpha value is -2.02. The highest BCUT2D eigenvalue weighted by molar-refractivity contribution is 5.37. The highest BCUT2D eigenvalue weighted by atomic mass is 16.5. The highest BCUT2D eigenvalue weighted by Crippen LogP contribution is 2.38. The van der Waals surface area contributed by atoms with Crippen molar-refractivity contribution in [3.05, 3.63) is 30.0 Å². The third kappa shape index (κ3) is 3.34. The van der Waals surface area contributed by atoms with Crippen LogP contribution in [0, 0.1) is 0 Å². The first-order chi connectivity index (χ1) is 11.3. The van der Waals surface area contributed by atoms with E-state index in [0.29, 0.717) is 12.0 Å². The Bertz CT molecular complexity index is 641. The molecule has 0 bridgehead atoms. The summed E-state index contributed by atoms with van der Waals surface area (Å²) in [7, 11) is 2.14. The predicted molar refractivity (Wildman–Crippen MR) is 85.0 cm³/mol. The molecule has 1 saturated carbocycles. The zero-order valence-electron chi connectivity index (χ0n) is 13.4. The van der Waals surface area contributed by atoms with Crippen LogP contribution in [0.4, 0.5) is 5.82 Å². The average Bonchev–Trinajstić information content (AvgIpc) is 3.36. The Labute approximate surface area is 135 Å². The molecule has 1 atom stereocenters. The van der Waals surface area contributed by atoms with Gasteiger partial charge < -0.3 is 9.42 Å². The molecule has 1 aliphatic heterocycles. The van der Waals surface area contributed by atoms with Crippen molar-refractivity contribution >= 4 is 5.82 Å². The van der Waals surface area contributed by atoms with Crippen LogP contribution in [0.2, 0.25) is 0 Å². The van der Waals surface area contributed by atoms with Crippen LogP contribution in [0.15, 0.2) is 22.9 Å². The number of nitrogens with zero attached hydrogens (tertiary/aromatic N) is 6. The van der Waals surface area contributed by atoms with Gasteiger partial charge in [-0.2, -0.15) is 10.1 Å². The van der Waals surface area contributed by atoms with Crippen molar-refractivity contribution in [3.63, 3.8) is 0 Å². The molecule has 2 aromatic rings. The van der Waals surface area contributed by atoms with Gasteiger partial charge in [0.15, 0.2) is 11.6 Å². The smallest absolute Gasteiger partial charge is 0.229 e. The zero-order chi connectivity index (χ0) is 15.6. The molecule has 122 valence electrons. The summed E-state index contributed by atoms with van der Waals surface area (Å²) in [4.78, 5) is 9.16. The lowest BCUT2D eigenvalue weighted by atomic mass is 10.0. The molecule has 0 radical (unpaired) electrons. The standard InChI is InChI=1S/C16H22N6O/c1-21(11-14-18-16(23-20-14)12-6-7-12)13-4-3-9-22(10-13)15-5-2-8-17-19-15/h2,5,8,12-13H,3-4,6-7,9-11H2,1H3. The fourth-order valence-corrected chi connectivity index (χ4v) is 3.16. The maximum absolute atomic E-state index is 5.35. The Kier molecular flexibility index (Phi) is 3.95. The van der Waals surface area contributed by atoms with E-state index in [4.69, 9.17) is 4.52 Å². The summed E-state index contributed by atoms with van der Waals surface area (Å²) in [6, 6.07) is 4.43. The Balaban J connectivity index is 1.38. The molecule has 2 fully saturated rings. The summed E-state index contributed by atoms with van der Waals surface area (Å²) in [6.45, 7) is 2.73. The summed E-state index contributed by atoms with van der Waals surface area (Å²) in [5.41, 5.74) is 0. The normalized spacial score (nSPS) is 21.8. The molecule has 2 aliphatic rings. The number of aromatic nitrogens is 4. The summed E-state index contributed by atoms with van der Waals surface area (Å²) < 4.78 is 5.35. The summed E-state index contributed by atoms with van der Waals surface area (Å²) >= 11 is 0. The molecule has 0 aromatic carbocycles. The number of piperidine rings is 1. The predicted octanol–water partition coefficient (Wildman–Crippen LogP) is 1.84. The first-order valence-electron chi connectivity index (χ1n) is 8.35. The third-order valence-electron chi connectivity index (χ3n) is 4.70. The van der Waals surface area contributed by atoms with Crippen molar-refractivity contribution < 1.29 is 4.52 Å². The number of likely N-dealkylation sites (N-methyl/N-ethyl adjacent to an activating group) is 1. The number of hydrogen-bond donors (Lipinski definition) is 0. The lowest BCUT2D eigenvalue weighted by Gasteiger charge is -2.37. The van der Waals surface area contributed by atoms with E-state index in [2.05, 4.69) is 37.2 Å². The SMILES string of the molecule is CN(Cc1noc(C2CC2)n1)C1CCCN(c2cccnn2)C1. The molecule has 1 unspecified atom stereocenters. The molecule has 0 amide bonds. The van der Waals surface area contributed by atoms with Gasteiger partial charge in [-0.05, 0) is 44.9 Å². The second-order valence-electron chi connectivity index (χ2n) is 6.56. The van der Waals surface area contributed by atoms with Gasteiger partial charge in [0.2, 0.25) is 5.89 Å². The quantitative estimate of drug-likeness (QED) is 0.834. The average molecular weight is 314 g/mol. The van der Waals surface area contributed by atoms with Crippen molar-refractivity contribution in [1.29, 1.82) is 0 Å². The van der Waals surface area contributed by atoms with Gasteiger partial charge >= 0.3 is 0 Å². The maximum Gasteiger partial charge on any atom is 0.229 e. The molecule has 2 aromatic heterocycles. The van der Waals surface area contributed by atoms with Crippen LogP contribution in [-0.2, 0) is 6.54 Å². The number of rotatable bonds is 5. The molecule has 4 rings (SSSR count). The molecule has 3 heterocycles. The summed E-state index contributed by atoms with van der Waals surface area (Å²) in [5.74, 6) is 3.09. The first-order valence-corrected chi connectivity index (χ1v) is 8.35. The Morgan fingerprint density at radius 3 is 3.04 bits per heavy atom. The molecule has 1 aliphatic carbocycles. The van der Waals surface area contributed by atoms with Crippen molar-refractivity contribution in [3.8, 4) is 0 Å². The largest absolute Gasteiger partial charge is 0.354 e. The molecule has 1 saturated heterocycles. The van der Waals surface area contributed by atoms with E-state index >= 15 is 0 Å². The number of anilines is 1. The molecule has 0 spiro atoms. The minimum atomic E-state index is 0.466. The van der Waals surface area contributed by atoms with Gasteiger partial charge in [0.05, 0.1) is 6.54 Å². The lowest BCUT2D eigenvalue weighted by molar-refractivity contribution is 0.200. The van der Waals surface area contributed by atoms with Crippen molar-refractivity contribution in [2.75, 3.05) is 25.0 Å². The maximum atomic E-state index is 5.35. The second-order valence-corrected chi connectivity index (χ2v) is 6.56. The Morgan fingerprint density at radius 2 is 2.26 bits per heavy atom. The van der Waals surface area contributed by atoms with E-state index in [1.807, 2.05) is 12.1 Å². The van der Waals surface area contributed by atoms with Gasteiger partial charge in [-0.25, -0.2) is 0 Å². The van der Waals surface area contributed by atoms with E-state index in [-0.39, 0.29) is 0 Å². The van der Waals surface area contributed by atoms with Gasteiger partial charge in [-0.3, -0.25) is 4.90 Å². The van der Waals surface area contributed by atoms with Crippen molar-refractivity contribution in [2.45, 2.75) is 44.2 Å². The van der Waals surface area contributed by atoms with Gasteiger partial charge in [0.1, 0.15) is 0 Å². The van der Waals surface area contributed by atoms with E-state index in [0.717, 1.165) is 43.6 Å². The zero-order valence-corrected chi connectivity index (χ0v) is 13.4. The second kappa shape index (κ2) is 6.23. The van der Waals surface area contributed by atoms with Crippen LogP contribution in [-0.4, -0.2) is 51.4 Å². The third-order valence-corrected chi connectivity index (χ3v) is 4.70. The van der Waals surface area contributed by atoms with E-state index in [9.17, 15) is 0 Å². The minimum Gasteiger partial charge on any atom is -0.354 e. The lowest BCUT2D eigenvalue weighted by Crippen LogP contribution is -2.46. The minimum absolute atomic E-state index is 0.466. The van der Waals surface area contributed by atoms with E-state index < -0.39 is 0 Å². The topological polar surface area (TPSA) is 71.2 Å². The Morgan fingerprint density at radius 1 is 1.35 bits per heavy atom. The molecular formula is C16H22N6O. The highest BCUT2D eigenvalue weighted by Gasteiger charge is 2.30. The van der Waals surface area contributed by atoms with Crippen LogP contribution in [0.5, 0.6) is 0 Å². The van der Waals surface area contributed by atoms with Gasteiger partial charge in [0, 0.05) is 31.2 Å². The fraction of sp³-hybridized carbons (Fsp3) is 0.625. The van der Waals surface area contributed by atoms with Crippen LogP contribution < -0.4 is 4.90 Å². The fourth-order valence-electron chi connectivity index (χ4n) is 3.16. The van der Waals surface area contributed by atoms with Crippen molar-refractivity contribution in [1.82, 2.24) is 25.2 Å².